The van der Waals surface area contributed by atoms with Gasteiger partial charge in [0.1, 0.15) is 0 Å². The van der Waals surface area contributed by atoms with Gasteiger partial charge >= 0.3 is 0 Å². The van der Waals surface area contributed by atoms with E-state index in [1.165, 1.54) is 0 Å². The molecule has 0 rings (SSSR count). The van der Waals surface area contributed by atoms with Crippen LogP contribution in [0, 0.1) is 12.3 Å². The van der Waals surface area contributed by atoms with Crippen molar-refractivity contribution in [2.24, 2.45) is 5.73 Å². The third kappa shape index (κ3) is 3.80. The van der Waals surface area contributed by atoms with Crippen molar-refractivity contribution in [1.29, 1.82) is 0 Å². The maximum atomic E-state index is 5.40. The van der Waals surface area contributed by atoms with Crippen LogP contribution in [-0.4, -0.2) is 0 Å². The van der Waals surface area contributed by atoms with Crippen molar-refractivity contribution in [3.63, 3.8) is 0 Å². The smallest absolute Gasteiger partial charge is 0.00491 e. The fraction of sp³-hybridized carbons (Fsp3) is 0.333. The predicted molar refractivity (Wildman–Crippen MR) is 45.2 cm³/mol. The number of hydrogen-bond donors (Lipinski definition) is 1. The average Bonchev–Trinajstić information content (AvgIpc) is 1.90. The maximum Gasteiger partial charge on any atom is 0.00491 e. The molecule has 0 heterocycles. The van der Waals surface area contributed by atoms with Crippen molar-refractivity contribution >= 4 is 0 Å². The minimum atomic E-state index is 0.779. The summed E-state index contributed by atoms with van der Waals surface area (Å²) in [5, 5.41) is 0. The molecule has 2 N–H and O–H groups in total. The Bertz CT molecular complexity index is 187. The average molecular weight is 135 g/mol. The lowest BCUT2D eigenvalue weighted by molar-refractivity contribution is 1.16. The molecule has 0 aliphatic rings. The molecule has 1 heteroatoms. The van der Waals surface area contributed by atoms with Crippen LogP contribution in [0.3, 0.4) is 0 Å². The van der Waals surface area contributed by atoms with Gasteiger partial charge < -0.3 is 5.73 Å². The minimum absolute atomic E-state index is 0.779. The predicted octanol–water partition coefficient (Wildman–Crippen LogP) is 1.82. The molecule has 1 nitrogen and oxygen atoms in total. The molecule has 0 fully saturated rings. The molecule has 0 radical (unpaired) electrons. The Morgan fingerprint density at radius 1 is 1.60 bits per heavy atom. The summed E-state index contributed by atoms with van der Waals surface area (Å²) in [5.41, 5.74) is 7.15. The zero-order valence-corrected chi connectivity index (χ0v) is 6.52. The highest BCUT2D eigenvalue weighted by Crippen LogP contribution is 1.98. The van der Waals surface area contributed by atoms with Gasteiger partial charge in [-0.3, -0.25) is 0 Å². The Kier molecular flexibility index (Phi) is 4.15. The second kappa shape index (κ2) is 4.69. The molecule has 0 saturated heterocycles. The van der Waals surface area contributed by atoms with Gasteiger partial charge in [-0.25, -0.2) is 0 Å². The Morgan fingerprint density at radius 2 is 2.20 bits per heavy atom. The zero-order chi connectivity index (χ0) is 7.98. The molecule has 0 aromatic rings. The van der Waals surface area contributed by atoms with Crippen LogP contribution in [0.4, 0.5) is 0 Å². The second-order valence-corrected chi connectivity index (χ2v) is 2.10. The summed E-state index contributed by atoms with van der Waals surface area (Å²) in [7, 11) is 0. The van der Waals surface area contributed by atoms with Crippen LogP contribution >= 0.6 is 0 Å². The molecule has 0 atom stereocenters. The van der Waals surface area contributed by atoms with E-state index in [9.17, 15) is 0 Å². The molecule has 0 bridgehead atoms. The standard InChI is InChI=1S/C9H13N/c1-4-9(5-2)7-6-8(3)10/h1,6-7H,5,10H2,2-3H3/b8-6+,9-7-. The molecule has 0 unspecified atom stereocenters. The number of terminal acetylenes is 1. The van der Waals surface area contributed by atoms with Gasteiger partial charge in [0.25, 0.3) is 0 Å². The highest BCUT2D eigenvalue weighted by Gasteiger charge is 1.82. The van der Waals surface area contributed by atoms with Gasteiger partial charge in [-0.1, -0.05) is 12.8 Å². The van der Waals surface area contributed by atoms with Crippen molar-refractivity contribution in [3.8, 4) is 12.3 Å². The van der Waals surface area contributed by atoms with Gasteiger partial charge in [-0.2, -0.15) is 0 Å². The van der Waals surface area contributed by atoms with Gasteiger partial charge in [-0.05, 0) is 25.5 Å². The third-order valence-corrected chi connectivity index (χ3v) is 1.11. The van der Waals surface area contributed by atoms with E-state index in [-0.39, 0.29) is 0 Å². The maximum absolute atomic E-state index is 5.40. The van der Waals surface area contributed by atoms with Crippen LogP contribution in [0.25, 0.3) is 0 Å². The molecule has 0 saturated carbocycles. The number of rotatable bonds is 2. The first-order chi connectivity index (χ1) is 4.70. The lowest BCUT2D eigenvalue weighted by Crippen LogP contribution is -1.88. The number of hydrogen-bond acceptors (Lipinski definition) is 1. The van der Waals surface area contributed by atoms with Crippen LogP contribution < -0.4 is 5.73 Å². The summed E-state index contributed by atoms with van der Waals surface area (Å²) in [6.45, 7) is 3.85. The van der Waals surface area contributed by atoms with E-state index < -0.39 is 0 Å². The van der Waals surface area contributed by atoms with Crippen LogP contribution in [0.5, 0.6) is 0 Å². The summed E-state index contributed by atoms with van der Waals surface area (Å²) < 4.78 is 0. The van der Waals surface area contributed by atoms with Gasteiger partial charge in [0.05, 0.1) is 0 Å². The van der Waals surface area contributed by atoms with E-state index >= 15 is 0 Å². The molecule has 0 amide bonds. The van der Waals surface area contributed by atoms with Gasteiger partial charge in [0.15, 0.2) is 0 Å². The molecular formula is C9H13N. The van der Waals surface area contributed by atoms with Crippen LogP contribution in [0.2, 0.25) is 0 Å². The zero-order valence-electron chi connectivity index (χ0n) is 6.52. The van der Waals surface area contributed by atoms with E-state index in [1.807, 2.05) is 26.0 Å². The van der Waals surface area contributed by atoms with Crippen molar-refractivity contribution in [1.82, 2.24) is 0 Å². The molecule has 0 spiro atoms. The summed E-state index contributed by atoms with van der Waals surface area (Å²) >= 11 is 0. The lowest BCUT2D eigenvalue weighted by atomic mass is 10.2. The Labute approximate surface area is 62.6 Å². The normalized spacial score (nSPS) is 12.9. The molecule has 0 aliphatic carbocycles. The van der Waals surface area contributed by atoms with Gasteiger partial charge in [-0.15, -0.1) is 6.42 Å². The van der Waals surface area contributed by atoms with E-state index in [1.54, 1.807) is 0 Å². The van der Waals surface area contributed by atoms with Crippen molar-refractivity contribution in [2.75, 3.05) is 0 Å². The lowest BCUT2D eigenvalue weighted by Gasteiger charge is -1.89. The quantitative estimate of drug-likeness (QED) is 0.453. The third-order valence-electron chi connectivity index (χ3n) is 1.11. The Morgan fingerprint density at radius 3 is 2.50 bits per heavy atom. The molecule has 0 aromatic carbocycles. The Hall–Kier alpha value is -1.16. The first-order valence-corrected chi connectivity index (χ1v) is 3.30. The summed E-state index contributed by atoms with van der Waals surface area (Å²) in [4.78, 5) is 0. The SMILES string of the molecule is C#C/C(=C/C=C(\C)N)CC. The van der Waals surface area contributed by atoms with Gasteiger partial charge in [0.2, 0.25) is 0 Å². The number of nitrogens with two attached hydrogens (primary N) is 1. The fourth-order valence-electron chi connectivity index (χ4n) is 0.500. The Balaban J connectivity index is 4.17. The minimum Gasteiger partial charge on any atom is -0.402 e. The summed E-state index contributed by atoms with van der Waals surface area (Å²) in [6, 6.07) is 0. The topological polar surface area (TPSA) is 26.0 Å². The van der Waals surface area contributed by atoms with Crippen LogP contribution in [0.15, 0.2) is 23.4 Å². The van der Waals surface area contributed by atoms with Gasteiger partial charge in [0, 0.05) is 11.3 Å². The fourth-order valence-corrected chi connectivity index (χ4v) is 0.500. The largest absolute Gasteiger partial charge is 0.402 e. The molecular weight excluding hydrogens is 122 g/mol. The van der Waals surface area contributed by atoms with Crippen molar-refractivity contribution < 1.29 is 0 Å². The van der Waals surface area contributed by atoms with E-state index in [0.717, 1.165) is 17.7 Å². The van der Waals surface area contributed by atoms with Crippen LogP contribution in [0.1, 0.15) is 20.3 Å². The monoisotopic (exact) mass is 135 g/mol. The molecule has 0 aliphatic heterocycles. The summed E-state index contributed by atoms with van der Waals surface area (Å²) in [6.07, 6.45) is 9.76. The highest BCUT2D eigenvalue weighted by atomic mass is 14.5. The molecule has 10 heavy (non-hydrogen) atoms. The number of allylic oxidation sites excluding steroid dienone is 4. The van der Waals surface area contributed by atoms with E-state index in [2.05, 4.69) is 5.92 Å². The second-order valence-electron chi connectivity index (χ2n) is 2.10. The first-order valence-electron chi connectivity index (χ1n) is 3.30. The van der Waals surface area contributed by atoms with E-state index in [0.29, 0.717) is 0 Å². The van der Waals surface area contributed by atoms with Crippen molar-refractivity contribution in [2.45, 2.75) is 20.3 Å². The highest BCUT2D eigenvalue weighted by molar-refractivity contribution is 5.29. The first kappa shape index (κ1) is 8.84. The summed E-state index contributed by atoms with van der Waals surface area (Å²) in [5.74, 6) is 2.57. The van der Waals surface area contributed by atoms with Crippen molar-refractivity contribution in [3.05, 3.63) is 23.4 Å². The molecule has 0 aromatic heterocycles. The molecule has 54 valence electrons. The van der Waals surface area contributed by atoms with E-state index in [4.69, 9.17) is 12.2 Å². The van der Waals surface area contributed by atoms with Crippen LogP contribution in [-0.2, 0) is 0 Å².